The first-order chi connectivity index (χ1) is 15.5. The van der Waals surface area contributed by atoms with Crippen molar-refractivity contribution in [2.24, 2.45) is 0 Å². The van der Waals surface area contributed by atoms with Gasteiger partial charge in [0.15, 0.2) is 6.61 Å². The van der Waals surface area contributed by atoms with E-state index in [4.69, 9.17) is 4.74 Å². The van der Waals surface area contributed by atoms with E-state index in [1.54, 1.807) is 48.5 Å². The second-order valence-corrected chi connectivity index (χ2v) is 7.14. The molecule has 2 amide bonds. The molecule has 0 aromatic heterocycles. The molecule has 0 aliphatic heterocycles. The molecule has 6 heteroatoms. The number of hydrogen-bond donors (Lipinski definition) is 2. The largest absolute Gasteiger partial charge is 0.484 e. The predicted molar refractivity (Wildman–Crippen MR) is 125 cm³/mol. The lowest BCUT2D eigenvalue weighted by Crippen LogP contribution is -2.20. The number of carbonyl (C=O) groups is 2. The Morgan fingerprint density at radius 3 is 2.34 bits per heavy atom. The molecule has 0 atom stereocenters. The maximum absolute atomic E-state index is 12.3. The third-order valence-corrected chi connectivity index (χ3v) is 4.84. The Balaban J connectivity index is 1.58. The summed E-state index contributed by atoms with van der Waals surface area (Å²) in [4.78, 5) is 24.5. The number of rotatable bonds is 7. The van der Waals surface area contributed by atoms with Gasteiger partial charge in [-0.1, -0.05) is 42.5 Å². The highest BCUT2D eigenvalue weighted by atomic mass is 16.5. The lowest BCUT2D eigenvalue weighted by Gasteiger charge is -2.11. The number of benzene rings is 3. The fourth-order valence-electron chi connectivity index (χ4n) is 2.92. The van der Waals surface area contributed by atoms with Gasteiger partial charge in [0.1, 0.15) is 17.4 Å². The molecule has 0 fully saturated rings. The first kappa shape index (κ1) is 22.3. The van der Waals surface area contributed by atoms with Crippen LogP contribution in [0.2, 0.25) is 0 Å². The van der Waals surface area contributed by atoms with Gasteiger partial charge in [-0.2, -0.15) is 5.26 Å². The number of carbonyl (C=O) groups excluding carboxylic acids is 2. The molecule has 160 valence electrons. The Kier molecular flexibility index (Phi) is 7.39. The zero-order valence-electron chi connectivity index (χ0n) is 17.9. The molecule has 3 aromatic rings. The van der Waals surface area contributed by atoms with Crippen LogP contribution in [0.4, 0.5) is 11.4 Å². The van der Waals surface area contributed by atoms with E-state index in [1.165, 1.54) is 6.08 Å². The van der Waals surface area contributed by atoms with Crippen LogP contribution >= 0.6 is 0 Å². The van der Waals surface area contributed by atoms with E-state index in [9.17, 15) is 14.9 Å². The maximum atomic E-state index is 12.3. The predicted octanol–water partition coefficient (Wildman–Crippen LogP) is 4.87. The van der Waals surface area contributed by atoms with E-state index in [1.807, 2.05) is 44.2 Å². The van der Waals surface area contributed by atoms with Crippen molar-refractivity contribution in [3.8, 4) is 11.8 Å². The van der Waals surface area contributed by atoms with Crippen molar-refractivity contribution in [1.82, 2.24) is 0 Å². The Hall–Kier alpha value is -4.37. The van der Waals surface area contributed by atoms with E-state index in [-0.39, 0.29) is 18.1 Å². The van der Waals surface area contributed by atoms with Crippen LogP contribution in [0.3, 0.4) is 0 Å². The third-order valence-electron chi connectivity index (χ3n) is 4.84. The van der Waals surface area contributed by atoms with Crippen LogP contribution in [-0.2, 0) is 9.59 Å². The molecule has 2 N–H and O–H groups in total. The molecule has 0 saturated heterocycles. The molecule has 0 bridgehead atoms. The summed E-state index contributed by atoms with van der Waals surface area (Å²) in [5, 5.41) is 14.9. The summed E-state index contributed by atoms with van der Waals surface area (Å²) in [5.41, 5.74) is 4.13. The molecule has 0 heterocycles. The highest BCUT2D eigenvalue weighted by Gasteiger charge is 2.10. The number of anilines is 2. The molecule has 0 aliphatic rings. The minimum atomic E-state index is -0.484. The van der Waals surface area contributed by atoms with Crippen molar-refractivity contribution < 1.29 is 14.3 Å². The summed E-state index contributed by atoms with van der Waals surface area (Å²) in [7, 11) is 0. The molecule has 0 aliphatic carbocycles. The minimum Gasteiger partial charge on any atom is -0.484 e. The maximum Gasteiger partial charge on any atom is 0.266 e. The second kappa shape index (κ2) is 10.6. The summed E-state index contributed by atoms with van der Waals surface area (Å²) < 4.78 is 5.55. The van der Waals surface area contributed by atoms with Gasteiger partial charge in [0, 0.05) is 11.4 Å². The number of nitrogens with one attached hydrogen (secondary N) is 2. The van der Waals surface area contributed by atoms with E-state index in [0.29, 0.717) is 17.0 Å². The number of ether oxygens (including phenoxy) is 1. The normalized spacial score (nSPS) is 10.7. The molecule has 3 rings (SSSR count). The molecule has 0 spiro atoms. The average molecular weight is 425 g/mol. The van der Waals surface area contributed by atoms with Gasteiger partial charge in [-0.05, 0) is 66.9 Å². The first-order valence-electron chi connectivity index (χ1n) is 10.0. The molecule has 3 aromatic carbocycles. The molecular formula is C26H23N3O3. The van der Waals surface area contributed by atoms with Crippen molar-refractivity contribution in [2.45, 2.75) is 13.8 Å². The summed E-state index contributed by atoms with van der Waals surface area (Å²) in [6.45, 7) is 3.81. The minimum absolute atomic E-state index is 0.0181. The van der Waals surface area contributed by atoms with Gasteiger partial charge in [-0.3, -0.25) is 9.59 Å². The fourth-order valence-corrected chi connectivity index (χ4v) is 2.92. The van der Waals surface area contributed by atoms with Gasteiger partial charge < -0.3 is 15.4 Å². The standard InChI is InChI=1S/C26H23N3O3/c1-18-7-6-10-24(19(18)2)29-25(30)17-32-23-13-11-20(12-14-23)15-21(16-27)26(31)28-22-8-4-3-5-9-22/h3-15H,17H2,1-2H3,(H,28,31)(H,29,30)/b21-15+. The van der Waals surface area contributed by atoms with Gasteiger partial charge >= 0.3 is 0 Å². The van der Waals surface area contributed by atoms with E-state index < -0.39 is 5.91 Å². The van der Waals surface area contributed by atoms with Crippen LogP contribution in [0.15, 0.2) is 78.4 Å². The first-order valence-corrected chi connectivity index (χ1v) is 10.0. The number of nitriles is 1. The summed E-state index contributed by atoms with van der Waals surface area (Å²) in [6, 6.07) is 23.4. The van der Waals surface area contributed by atoms with Gasteiger partial charge in [-0.25, -0.2) is 0 Å². The van der Waals surface area contributed by atoms with Gasteiger partial charge in [0.05, 0.1) is 0 Å². The number of para-hydroxylation sites is 1. The summed E-state index contributed by atoms with van der Waals surface area (Å²) >= 11 is 0. The number of nitrogens with zero attached hydrogens (tertiary/aromatic N) is 1. The van der Waals surface area contributed by atoms with Gasteiger partial charge in [0.25, 0.3) is 11.8 Å². The van der Waals surface area contributed by atoms with Crippen molar-refractivity contribution in [1.29, 1.82) is 5.26 Å². The molecule has 32 heavy (non-hydrogen) atoms. The Bertz CT molecular complexity index is 1180. The van der Waals surface area contributed by atoms with Crippen LogP contribution in [0.5, 0.6) is 5.75 Å². The smallest absolute Gasteiger partial charge is 0.266 e. The fraction of sp³-hybridized carbons (Fsp3) is 0.115. The molecule has 0 radical (unpaired) electrons. The topological polar surface area (TPSA) is 91.2 Å². The molecule has 0 saturated carbocycles. The van der Waals surface area contributed by atoms with Crippen LogP contribution in [0.25, 0.3) is 6.08 Å². The van der Waals surface area contributed by atoms with Crippen molar-refractivity contribution in [2.75, 3.05) is 17.2 Å². The lowest BCUT2D eigenvalue weighted by atomic mass is 10.1. The monoisotopic (exact) mass is 425 g/mol. The second-order valence-electron chi connectivity index (χ2n) is 7.14. The summed E-state index contributed by atoms with van der Waals surface area (Å²) in [6.07, 6.45) is 1.50. The van der Waals surface area contributed by atoms with Gasteiger partial charge in [0.2, 0.25) is 0 Å². The number of amides is 2. The average Bonchev–Trinajstić information content (AvgIpc) is 2.80. The number of aryl methyl sites for hydroxylation is 1. The quantitative estimate of drug-likeness (QED) is 0.417. The Morgan fingerprint density at radius 1 is 0.938 bits per heavy atom. The zero-order valence-corrected chi connectivity index (χ0v) is 17.9. The van der Waals surface area contributed by atoms with Gasteiger partial charge in [-0.15, -0.1) is 0 Å². The molecular weight excluding hydrogens is 402 g/mol. The zero-order chi connectivity index (χ0) is 22.9. The third kappa shape index (κ3) is 6.07. The molecule has 6 nitrogen and oxygen atoms in total. The van der Waals surface area contributed by atoms with E-state index >= 15 is 0 Å². The highest BCUT2D eigenvalue weighted by Crippen LogP contribution is 2.19. The highest BCUT2D eigenvalue weighted by molar-refractivity contribution is 6.09. The van der Waals surface area contributed by atoms with E-state index in [2.05, 4.69) is 10.6 Å². The Labute approximate surface area is 187 Å². The SMILES string of the molecule is Cc1cccc(NC(=O)COc2ccc(/C=C(\C#N)C(=O)Nc3ccccc3)cc2)c1C. The van der Waals surface area contributed by atoms with Crippen molar-refractivity contribution >= 4 is 29.3 Å². The Morgan fingerprint density at radius 2 is 1.66 bits per heavy atom. The van der Waals surface area contributed by atoms with Crippen LogP contribution in [0.1, 0.15) is 16.7 Å². The van der Waals surface area contributed by atoms with Crippen molar-refractivity contribution in [3.63, 3.8) is 0 Å². The van der Waals surface area contributed by atoms with Crippen LogP contribution in [-0.4, -0.2) is 18.4 Å². The van der Waals surface area contributed by atoms with Crippen LogP contribution < -0.4 is 15.4 Å². The van der Waals surface area contributed by atoms with Crippen molar-refractivity contribution in [3.05, 3.63) is 95.1 Å². The summed E-state index contributed by atoms with van der Waals surface area (Å²) in [5.74, 6) is -0.236. The number of hydrogen-bond acceptors (Lipinski definition) is 4. The van der Waals surface area contributed by atoms with Crippen LogP contribution in [0, 0.1) is 25.2 Å². The lowest BCUT2D eigenvalue weighted by molar-refractivity contribution is -0.118. The van der Waals surface area contributed by atoms with E-state index in [0.717, 1.165) is 16.8 Å². The molecule has 0 unspecified atom stereocenters.